The van der Waals surface area contributed by atoms with Crippen LogP contribution in [-0.2, 0) is 11.3 Å². The van der Waals surface area contributed by atoms with E-state index in [1.165, 1.54) is 18.5 Å². The zero-order valence-electron chi connectivity index (χ0n) is 13.4. The first-order chi connectivity index (χ1) is 10.3. The van der Waals surface area contributed by atoms with E-state index < -0.39 is 0 Å². The molecule has 0 unspecified atom stereocenters. The lowest BCUT2D eigenvalue weighted by molar-refractivity contribution is 0.0633. The Balaban J connectivity index is 1.86. The molecule has 0 spiro atoms. The van der Waals surface area contributed by atoms with Crippen molar-refractivity contribution in [2.24, 2.45) is 0 Å². The molecule has 0 atom stereocenters. The maximum atomic E-state index is 6.07. The molecule has 0 radical (unpaired) electrons. The summed E-state index contributed by atoms with van der Waals surface area (Å²) in [6.45, 7) is 10.7. The Morgan fingerprint density at radius 2 is 1.81 bits per heavy atom. The van der Waals surface area contributed by atoms with Gasteiger partial charge in [-0.15, -0.1) is 0 Å². The predicted molar refractivity (Wildman–Crippen MR) is 87.9 cm³/mol. The SMILES string of the molecule is CC/C=C(\OCc1ccccc1)N1CCN(CCC)CC1. The largest absolute Gasteiger partial charge is 0.474 e. The van der Waals surface area contributed by atoms with E-state index in [1.807, 2.05) is 6.07 Å². The van der Waals surface area contributed by atoms with Crippen LogP contribution in [0.15, 0.2) is 42.3 Å². The van der Waals surface area contributed by atoms with Gasteiger partial charge in [-0.2, -0.15) is 0 Å². The Kier molecular flexibility index (Phi) is 6.61. The van der Waals surface area contributed by atoms with Gasteiger partial charge in [0, 0.05) is 26.2 Å². The summed E-state index contributed by atoms with van der Waals surface area (Å²) in [5.41, 5.74) is 1.23. The van der Waals surface area contributed by atoms with Crippen LogP contribution in [-0.4, -0.2) is 42.5 Å². The molecule has 0 amide bonds. The second-order valence-electron chi connectivity index (χ2n) is 5.55. The number of allylic oxidation sites excluding steroid dienone is 1. The minimum absolute atomic E-state index is 0.655. The highest BCUT2D eigenvalue weighted by Gasteiger charge is 2.18. The number of hydrogen-bond donors (Lipinski definition) is 0. The quantitative estimate of drug-likeness (QED) is 0.714. The molecule has 0 saturated carbocycles. The van der Waals surface area contributed by atoms with E-state index in [4.69, 9.17) is 4.74 Å². The van der Waals surface area contributed by atoms with Gasteiger partial charge in [-0.3, -0.25) is 4.90 Å². The first-order valence-electron chi connectivity index (χ1n) is 8.17. The molecule has 3 heteroatoms. The van der Waals surface area contributed by atoms with E-state index >= 15 is 0 Å². The summed E-state index contributed by atoms with van der Waals surface area (Å²) in [5, 5.41) is 0. The fourth-order valence-electron chi connectivity index (χ4n) is 2.69. The van der Waals surface area contributed by atoms with Gasteiger partial charge in [0.2, 0.25) is 0 Å². The van der Waals surface area contributed by atoms with Crippen molar-refractivity contribution < 1.29 is 4.74 Å². The molecule has 1 aliphatic heterocycles. The average molecular weight is 288 g/mol. The zero-order valence-corrected chi connectivity index (χ0v) is 13.4. The summed E-state index contributed by atoms with van der Waals surface area (Å²) in [7, 11) is 0. The Morgan fingerprint density at radius 1 is 1.10 bits per heavy atom. The van der Waals surface area contributed by atoms with Crippen LogP contribution >= 0.6 is 0 Å². The third-order valence-corrected chi connectivity index (χ3v) is 3.83. The molecular weight excluding hydrogens is 260 g/mol. The van der Waals surface area contributed by atoms with E-state index in [0.29, 0.717) is 6.61 Å². The summed E-state index contributed by atoms with van der Waals surface area (Å²) in [5.74, 6) is 1.05. The van der Waals surface area contributed by atoms with E-state index in [9.17, 15) is 0 Å². The van der Waals surface area contributed by atoms with Crippen LogP contribution in [0.25, 0.3) is 0 Å². The van der Waals surface area contributed by atoms with Gasteiger partial charge < -0.3 is 9.64 Å². The van der Waals surface area contributed by atoms with Gasteiger partial charge in [0.15, 0.2) is 5.88 Å². The molecule has 116 valence electrons. The van der Waals surface area contributed by atoms with Gasteiger partial charge in [0.1, 0.15) is 6.61 Å². The molecule has 1 fully saturated rings. The lowest BCUT2D eigenvalue weighted by Crippen LogP contribution is -2.46. The highest BCUT2D eigenvalue weighted by Crippen LogP contribution is 2.14. The predicted octanol–water partition coefficient (Wildman–Crippen LogP) is 3.48. The van der Waals surface area contributed by atoms with Crippen LogP contribution in [0.3, 0.4) is 0 Å². The first-order valence-corrected chi connectivity index (χ1v) is 8.17. The molecule has 21 heavy (non-hydrogen) atoms. The van der Waals surface area contributed by atoms with E-state index in [-0.39, 0.29) is 0 Å². The minimum Gasteiger partial charge on any atom is -0.474 e. The maximum Gasteiger partial charge on any atom is 0.185 e. The van der Waals surface area contributed by atoms with E-state index in [1.54, 1.807) is 0 Å². The standard InChI is InChI=1S/C18H28N2O/c1-3-8-18(21-16-17-9-6-5-7-10-17)20-14-12-19(11-4-2)13-15-20/h5-10H,3-4,11-16H2,1-2H3/b18-8-. The van der Waals surface area contributed by atoms with Crippen molar-refractivity contribution in [3.05, 3.63) is 47.9 Å². The fourth-order valence-corrected chi connectivity index (χ4v) is 2.69. The average Bonchev–Trinajstić information content (AvgIpc) is 2.54. The van der Waals surface area contributed by atoms with Crippen molar-refractivity contribution in [3.8, 4) is 0 Å². The molecule has 3 nitrogen and oxygen atoms in total. The summed E-state index contributed by atoms with van der Waals surface area (Å²) in [6, 6.07) is 10.4. The second-order valence-corrected chi connectivity index (χ2v) is 5.55. The molecule has 0 bridgehead atoms. The zero-order chi connectivity index (χ0) is 14.9. The van der Waals surface area contributed by atoms with Crippen molar-refractivity contribution >= 4 is 0 Å². The van der Waals surface area contributed by atoms with Gasteiger partial charge in [-0.1, -0.05) is 44.2 Å². The van der Waals surface area contributed by atoms with Gasteiger partial charge in [-0.05, 0) is 31.0 Å². The number of piperazine rings is 1. The van der Waals surface area contributed by atoms with Crippen molar-refractivity contribution in [3.63, 3.8) is 0 Å². The summed E-state index contributed by atoms with van der Waals surface area (Å²) in [4.78, 5) is 4.93. The van der Waals surface area contributed by atoms with E-state index in [0.717, 1.165) is 38.5 Å². The molecule has 1 aromatic carbocycles. The molecule has 2 rings (SSSR count). The smallest absolute Gasteiger partial charge is 0.185 e. The Hall–Kier alpha value is -1.48. The number of hydrogen-bond acceptors (Lipinski definition) is 3. The van der Waals surface area contributed by atoms with Crippen molar-refractivity contribution in [1.82, 2.24) is 9.80 Å². The highest BCUT2D eigenvalue weighted by molar-refractivity contribution is 5.14. The minimum atomic E-state index is 0.655. The third kappa shape index (κ3) is 5.09. The Bertz CT molecular complexity index is 422. The normalized spacial score (nSPS) is 17.0. The highest BCUT2D eigenvalue weighted by atomic mass is 16.5. The van der Waals surface area contributed by atoms with Gasteiger partial charge in [0.25, 0.3) is 0 Å². The van der Waals surface area contributed by atoms with Crippen molar-refractivity contribution in [2.45, 2.75) is 33.3 Å². The molecular formula is C18H28N2O. The lowest BCUT2D eigenvalue weighted by Gasteiger charge is -2.36. The summed E-state index contributed by atoms with van der Waals surface area (Å²) < 4.78 is 6.07. The maximum absolute atomic E-state index is 6.07. The molecule has 1 saturated heterocycles. The molecule has 0 aromatic heterocycles. The fraction of sp³-hybridized carbons (Fsp3) is 0.556. The van der Waals surface area contributed by atoms with Crippen LogP contribution in [0, 0.1) is 0 Å². The van der Waals surface area contributed by atoms with Crippen LogP contribution < -0.4 is 0 Å². The third-order valence-electron chi connectivity index (χ3n) is 3.83. The molecule has 1 aliphatic rings. The van der Waals surface area contributed by atoms with Crippen LogP contribution in [0.5, 0.6) is 0 Å². The van der Waals surface area contributed by atoms with Crippen LogP contribution in [0.1, 0.15) is 32.3 Å². The van der Waals surface area contributed by atoms with E-state index in [2.05, 4.69) is 54.0 Å². The summed E-state index contributed by atoms with van der Waals surface area (Å²) >= 11 is 0. The Labute approximate surface area is 129 Å². The second kappa shape index (κ2) is 8.73. The van der Waals surface area contributed by atoms with Crippen molar-refractivity contribution in [1.29, 1.82) is 0 Å². The van der Waals surface area contributed by atoms with Gasteiger partial charge >= 0.3 is 0 Å². The topological polar surface area (TPSA) is 15.7 Å². The van der Waals surface area contributed by atoms with Gasteiger partial charge in [0.05, 0.1) is 0 Å². The number of ether oxygens (including phenoxy) is 1. The lowest BCUT2D eigenvalue weighted by atomic mass is 10.2. The number of benzene rings is 1. The molecule has 1 aromatic rings. The number of nitrogens with zero attached hydrogens (tertiary/aromatic N) is 2. The Morgan fingerprint density at radius 3 is 2.43 bits per heavy atom. The van der Waals surface area contributed by atoms with Crippen LogP contribution in [0.4, 0.5) is 0 Å². The molecule has 1 heterocycles. The van der Waals surface area contributed by atoms with Crippen LogP contribution in [0.2, 0.25) is 0 Å². The first kappa shape index (κ1) is 15.9. The number of rotatable bonds is 7. The molecule has 0 N–H and O–H groups in total. The van der Waals surface area contributed by atoms with Gasteiger partial charge in [-0.25, -0.2) is 0 Å². The van der Waals surface area contributed by atoms with Crippen molar-refractivity contribution in [2.75, 3.05) is 32.7 Å². The monoisotopic (exact) mass is 288 g/mol. The molecule has 0 aliphatic carbocycles. The summed E-state index contributed by atoms with van der Waals surface area (Å²) in [6.07, 6.45) is 4.46.